The molecule has 3 N–H and O–H groups in total. The molecule has 3 rings (SSSR count). The van der Waals surface area contributed by atoms with Gasteiger partial charge in [-0.3, -0.25) is 0 Å². The molecular weight excluding hydrogens is 268 g/mol. The van der Waals surface area contributed by atoms with Gasteiger partial charge in [-0.25, -0.2) is 0 Å². The number of rotatable bonds is 3. The molecule has 0 saturated heterocycles. The maximum absolute atomic E-state index is 2.42. The van der Waals surface area contributed by atoms with E-state index in [0.29, 0.717) is 0 Å². The van der Waals surface area contributed by atoms with Crippen LogP contribution in [0.5, 0.6) is 0 Å². The van der Waals surface area contributed by atoms with E-state index in [-0.39, 0.29) is 6.15 Å². The zero-order valence-corrected chi connectivity index (χ0v) is 13.7. The van der Waals surface area contributed by atoms with Crippen molar-refractivity contribution in [1.29, 1.82) is 0 Å². The molecule has 2 aromatic carbocycles. The molecular formula is C20H26N2. The van der Waals surface area contributed by atoms with Gasteiger partial charge in [-0.2, -0.15) is 0 Å². The van der Waals surface area contributed by atoms with E-state index in [2.05, 4.69) is 73.6 Å². The second-order valence-electron chi connectivity index (χ2n) is 6.02. The summed E-state index contributed by atoms with van der Waals surface area (Å²) < 4.78 is 0. The lowest BCUT2D eigenvalue weighted by molar-refractivity contribution is 0.417. The Morgan fingerprint density at radius 2 is 1.36 bits per heavy atom. The zero-order chi connectivity index (χ0) is 14.7. The van der Waals surface area contributed by atoms with E-state index in [1.807, 2.05) is 0 Å². The molecule has 0 heterocycles. The summed E-state index contributed by atoms with van der Waals surface area (Å²) in [6.45, 7) is 1.09. The van der Waals surface area contributed by atoms with Crippen LogP contribution < -0.4 is 6.15 Å². The lowest BCUT2D eigenvalue weighted by atomic mass is 9.93. The number of nitrogens with zero attached hydrogens (tertiary/aromatic N) is 1. The smallest absolute Gasteiger partial charge is 0.00101 e. The van der Waals surface area contributed by atoms with Gasteiger partial charge in [0.2, 0.25) is 0 Å². The van der Waals surface area contributed by atoms with Gasteiger partial charge in [-0.05, 0) is 61.2 Å². The lowest BCUT2D eigenvalue weighted by Crippen LogP contribution is -2.12. The van der Waals surface area contributed by atoms with Crippen LogP contribution >= 0.6 is 0 Å². The molecule has 22 heavy (non-hydrogen) atoms. The predicted molar refractivity (Wildman–Crippen MR) is 95.6 cm³/mol. The van der Waals surface area contributed by atoms with Crippen LogP contribution in [0, 0.1) is 0 Å². The molecule has 2 nitrogen and oxygen atoms in total. The SMILES string of the molecule is CN(C)CCC=C1c2ccccc2CCc2ccccc21.N. The molecule has 1 aliphatic carbocycles. The highest BCUT2D eigenvalue weighted by Gasteiger charge is 2.16. The first-order valence-electron chi connectivity index (χ1n) is 7.77. The van der Waals surface area contributed by atoms with E-state index in [4.69, 9.17) is 0 Å². The standard InChI is InChI=1S/C20H23N.H3N/c1-21(2)15-7-12-20-18-10-5-3-8-16(18)13-14-17-9-4-6-11-19(17)20;/h3-6,8-12H,7,13-15H2,1-2H3;1H3. The summed E-state index contributed by atoms with van der Waals surface area (Å²) in [5.74, 6) is 0. The molecule has 0 fully saturated rings. The van der Waals surface area contributed by atoms with E-state index in [0.717, 1.165) is 25.8 Å². The molecule has 2 heteroatoms. The van der Waals surface area contributed by atoms with Gasteiger partial charge in [0, 0.05) is 6.54 Å². The third kappa shape index (κ3) is 3.46. The van der Waals surface area contributed by atoms with Crippen molar-refractivity contribution in [3.63, 3.8) is 0 Å². The Balaban J connectivity index is 0.00000176. The molecule has 116 valence electrons. The molecule has 0 saturated carbocycles. The number of fused-ring (bicyclic) bond motifs is 2. The van der Waals surface area contributed by atoms with Gasteiger partial charge in [0.25, 0.3) is 0 Å². The van der Waals surface area contributed by atoms with Crippen LogP contribution in [0.15, 0.2) is 54.6 Å². The fraction of sp³-hybridized carbons (Fsp3) is 0.300. The van der Waals surface area contributed by atoms with Gasteiger partial charge >= 0.3 is 0 Å². The second kappa shape index (κ2) is 7.39. The molecule has 1 aliphatic rings. The number of benzene rings is 2. The Labute approximate surface area is 134 Å². The van der Waals surface area contributed by atoms with Crippen molar-refractivity contribution in [1.82, 2.24) is 11.1 Å². The first kappa shape index (κ1) is 16.5. The highest BCUT2D eigenvalue weighted by Crippen LogP contribution is 2.33. The minimum absolute atomic E-state index is 0. The van der Waals surface area contributed by atoms with E-state index in [1.54, 1.807) is 0 Å². The van der Waals surface area contributed by atoms with E-state index < -0.39 is 0 Å². The maximum atomic E-state index is 2.42. The fourth-order valence-corrected chi connectivity index (χ4v) is 3.10. The lowest BCUT2D eigenvalue weighted by Gasteiger charge is -2.13. The summed E-state index contributed by atoms with van der Waals surface area (Å²) in [5.41, 5.74) is 7.21. The minimum Gasteiger partial charge on any atom is -0.344 e. The minimum atomic E-state index is 0. The first-order chi connectivity index (χ1) is 10.3. The third-order valence-electron chi connectivity index (χ3n) is 4.20. The normalized spacial score (nSPS) is 13.0. The summed E-state index contributed by atoms with van der Waals surface area (Å²) in [4.78, 5) is 2.24. The summed E-state index contributed by atoms with van der Waals surface area (Å²) in [5, 5.41) is 0. The molecule has 0 atom stereocenters. The summed E-state index contributed by atoms with van der Waals surface area (Å²) >= 11 is 0. The highest BCUT2D eigenvalue weighted by molar-refractivity contribution is 5.83. The van der Waals surface area contributed by atoms with Crippen LogP contribution in [-0.2, 0) is 12.8 Å². The van der Waals surface area contributed by atoms with Crippen LogP contribution in [-0.4, -0.2) is 25.5 Å². The molecule has 0 aliphatic heterocycles. The van der Waals surface area contributed by atoms with Crippen molar-refractivity contribution in [3.05, 3.63) is 76.9 Å². The number of hydrogen-bond acceptors (Lipinski definition) is 2. The van der Waals surface area contributed by atoms with E-state index >= 15 is 0 Å². The van der Waals surface area contributed by atoms with Crippen molar-refractivity contribution in [3.8, 4) is 0 Å². The van der Waals surface area contributed by atoms with Crippen LogP contribution in [0.2, 0.25) is 0 Å². The quantitative estimate of drug-likeness (QED) is 0.915. The van der Waals surface area contributed by atoms with E-state index in [1.165, 1.54) is 27.8 Å². The largest absolute Gasteiger partial charge is 0.344 e. The average molecular weight is 294 g/mol. The predicted octanol–water partition coefficient (Wildman–Crippen LogP) is 4.33. The Hall–Kier alpha value is -1.90. The highest BCUT2D eigenvalue weighted by atomic mass is 15.0. The van der Waals surface area contributed by atoms with Gasteiger partial charge < -0.3 is 11.1 Å². The monoisotopic (exact) mass is 294 g/mol. The fourth-order valence-electron chi connectivity index (χ4n) is 3.10. The second-order valence-corrected chi connectivity index (χ2v) is 6.02. The topological polar surface area (TPSA) is 38.2 Å². The van der Waals surface area contributed by atoms with Gasteiger partial charge in [0.05, 0.1) is 0 Å². The molecule has 2 aromatic rings. The summed E-state index contributed by atoms with van der Waals surface area (Å²) in [6, 6.07) is 17.7. The molecule has 0 bridgehead atoms. The number of hydrogen-bond donors (Lipinski definition) is 1. The van der Waals surface area contributed by atoms with Crippen LogP contribution in [0.1, 0.15) is 28.7 Å². The average Bonchev–Trinajstić information content (AvgIpc) is 2.65. The Morgan fingerprint density at radius 1 is 0.864 bits per heavy atom. The Kier molecular flexibility index (Phi) is 5.53. The first-order valence-corrected chi connectivity index (χ1v) is 7.77. The summed E-state index contributed by atoms with van der Waals surface area (Å²) in [6.07, 6.45) is 5.78. The molecule has 0 radical (unpaired) electrons. The van der Waals surface area contributed by atoms with Crippen molar-refractivity contribution < 1.29 is 0 Å². The number of aryl methyl sites for hydroxylation is 2. The Bertz CT molecular complexity index is 607. The van der Waals surface area contributed by atoms with Crippen LogP contribution in [0.4, 0.5) is 0 Å². The Morgan fingerprint density at radius 3 is 1.86 bits per heavy atom. The van der Waals surface area contributed by atoms with Gasteiger partial charge in [-0.1, -0.05) is 54.6 Å². The third-order valence-corrected chi connectivity index (χ3v) is 4.20. The molecule has 0 aromatic heterocycles. The molecule has 0 unspecified atom stereocenters. The van der Waals surface area contributed by atoms with Crippen molar-refractivity contribution in [2.24, 2.45) is 0 Å². The molecule has 0 amide bonds. The van der Waals surface area contributed by atoms with Crippen LogP contribution in [0.3, 0.4) is 0 Å². The van der Waals surface area contributed by atoms with Crippen molar-refractivity contribution in [2.45, 2.75) is 19.3 Å². The van der Waals surface area contributed by atoms with Crippen LogP contribution in [0.25, 0.3) is 5.57 Å². The van der Waals surface area contributed by atoms with Crippen molar-refractivity contribution >= 4 is 5.57 Å². The molecule has 0 spiro atoms. The zero-order valence-electron chi connectivity index (χ0n) is 13.7. The summed E-state index contributed by atoms with van der Waals surface area (Å²) in [7, 11) is 4.26. The van der Waals surface area contributed by atoms with Gasteiger partial charge in [0.15, 0.2) is 0 Å². The van der Waals surface area contributed by atoms with Gasteiger partial charge in [0.1, 0.15) is 0 Å². The maximum Gasteiger partial charge on any atom is 0.00101 e. The van der Waals surface area contributed by atoms with Gasteiger partial charge in [-0.15, -0.1) is 0 Å². The van der Waals surface area contributed by atoms with Crippen molar-refractivity contribution in [2.75, 3.05) is 20.6 Å². The van der Waals surface area contributed by atoms with E-state index in [9.17, 15) is 0 Å².